The quantitative estimate of drug-likeness (QED) is 0.698. The number of fused-ring (bicyclic) bond motifs is 1. The first-order valence-electron chi connectivity index (χ1n) is 7.67. The summed E-state index contributed by atoms with van der Waals surface area (Å²) in [5, 5.41) is 3.12. The molecule has 0 aliphatic heterocycles. The lowest BCUT2D eigenvalue weighted by Gasteiger charge is -2.16. The highest BCUT2D eigenvalue weighted by Gasteiger charge is 2.23. The Morgan fingerprint density at radius 3 is 2.45 bits per heavy atom. The first-order valence-corrected chi connectivity index (χ1v) is 7.67. The number of para-hydroxylation sites is 1. The summed E-state index contributed by atoms with van der Waals surface area (Å²) < 4.78 is 0. The van der Waals surface area contributed by atoms with Crippen LogP contribution in [-0.4, -0.2) is 16.8 Å². The number of benzene rings is 2. The highest BCUT2D eigenvalue weighted by atomic mass is 16.1. The van der Waals surface area contributed by atoms with Crippen LogP contribution in [-0.2, 0) is 0 Å². The predicted octanol–water partition coefficient (Wildman–Crippen LogP) is 3.06. The molecular formula is C19H21N2O+. The molecule has 0 amide bonds. The van der Waals surface area contributed by atoms with E-state index < -0.39 is 0 Å². The van der Waals surface area contributed by atoms with Crippen molar-refractivity contribution < 1.29 is 10.1 Å². The van der Waals surface area contributed by atoms with Crippen molar-refractivity contribution in [3.8, 4) is 0 Å². The van der Waals surface area contributed by atoms with Crippen molar-refractivity contribution in [2.45, 2.75) is 25.9 Å². The number of Topliss-reactive ketones (excluding diaryl/α,β-unsaturated/α-hetero) is 1. The monoisotopic (exact) mass is 293 g/mol. The Balaban J connectivity index is 1.77. The Labute approximate surface area is 130 Å². The molecular weight excluding hydrogens is 272 g/mol. The molecule has 0 aliphatic carbocycles. The van der Waals surface area contributed by atoms with Crippen LogP contribution in [0.5, 0.6) is 0 Å². The van der Waals surface area contributed by atoms with Crippen molar-refractivity contribution in [3.63, 3.8) is 0 Å². The third-order valence-corrected chi connectivity index (χ3v) is 4.17. The number of hydrogen-bond donors (Lipinski definition) is 2. The fourth-order valence-corrected chi connectivity index (χ4v) is 2.91. The van der Waals surface area contributed by atoms with E-state index in [1.807, 2.05) is 55.6 Å². The summed E-state index contributed by atoms with van der Waals surface area (Å²) in [6.07, 6.45) is 1.82. The molecule has 0 radical (unpaired) electrons. The van der Waals surface area contributed by atoms with Gasteiger partial charge in [0, 0.05) is 28.2 Å². The number of aromatic nitrogens is 1. The fraction of sp³-hybridized carbons (Fsp3) is 0.211. The molecule has 2 aromatic carbocycles. The van der Waals surface area contributed by atoms with Gasteiger partial charge in [0.15, 0.2) is 0 Å². The number of H-pyrrole nitrogens is 1. The number of quaternary nitrogens is 1. The third-order valence-electron chi connectivity index (χ3n) is 4.17. The van der Waals surface area contributed by atoms with Crippen LogP contribution in [0.25, 0.3) is 10.9 Å². The van der Waals surface area contributed by atoms with Gasteiger partial charge in [-0.2, -0.15) is 0 Å². The van der Waals surface area contributed by atoms with E-state index in [0.717, 1.165) is 16.5 Å². The maximum atomic E-state index is 12.7. The van der Waals surface area contributed by atoms with Crippen molar-refractivity contribution in [2.24, 2.45) is 0 Å². The molecule has 112 valence electrons. The average Bonchev–Trinajstić information content (AvgIpc) is 2.99. The number of nitrogens with two attached hydrogens (primary N) is 1. The third kappa shape index (κ3) is 2.81. The number of hydrogen-bond acceptors (Lipinski definition) is 1. The predicted molar refractivity (Wildman–Crippen MR) is 88.9 cm³/mol. The summed E-state index contributed by atoms with van der Waals surface area (Å²) in [5.74, 6) is 0.167. The van der Waals surface area contributed by atoms with Gasteiger partial charge in [0.2, 0.25) is 5.78 Å². The first-order chi connectivity index (χ1) is 10.7. The molecule has 3 N–H and O–H groups in total. The van der Waals surface area contributed by atoms with E-state index >= 15 is 0 Å². The molecule has 0 spiro atoms. The number of ketones is 1. The molecule has 2 atom stereocenters. The van der Waals surface area contributed by atoms with E-state index in [0.29, 0.717) is 0 Å². The Morgan fingerprint density at radius 1 is 1.00 bits per heavy atom. The Kier molecular flexibility index (Phi) is 4.07. The highest BCUT2D eigenvalue weighted by molar-refractivity contribution is 6.09. The maximum absolute atomic E-state index is 12.7. The molecule has 3 aromatic rings. The minimum absolute atomic E-state index is 0.116. The van der Waals surface area contributed by atoms with Gasteiger partial charge in [-0.05, 0) is 19.9 Å². The summed E-state index contributed by atoms with van der Waals surface area (Å²) in [6.45, 7) is 4.11. The topological polar surface area (TPSA) is 49.5 Å². The fourth-order valence-electron chi connectivity index (χ4n) is 2.91. The summed E-state index contributed by atoms with van der Waals surface area (Å²) >= 11 is 0. The van der Waals surface area contributed by atoms with Crippen LogP contribution in [0.1, 0.15) is 35.8 Å². The van der Waals surface area contributed by atoms with E-state index in [9.17, 15) is 4.79 Å². The second-order valence-electron chi connectivity index (χ2n) is 5.79. The molecule has 0 saturated heterocycles. The molecule has 0 aliphatic rings. The van der Waals surface area contributed by atoms with Crippen molar-refractivity contribution in [2.75, 3.05) is 0 Å². The lowest BCUT2D eigenvalue weighted by molar-refractivity contribution is -0.709. The number of carbonyl (C=O) groups is 1. The van der Waals surface area contributed by atoms with E-state index in [1.165, 1.54) is 5.56 Å². The molecule has 0 saturated carbocycles. The van der Waals surface area contributed by atoms with Gasteiger partial charge in [0.05, 0.1) is 0 Å². The minimum Gasteiger partial charge on any atom is -0.360 e. The molecule has 0 fully saturated rings. The highest BCUT2D eigenvalue weighted by Crippen LogP contribution is 2.18. The zero-order valence-electron chi connectivity index (χ0n) is 12.9. The molecule has 3 rings (SSSR count). The van der Waals surface area contributed by atoms with Crippen molar-refractivity contribution in [1.82, 2.24) is 4.98 Å². The SMILES string of the molecule is C[C@H]([NH2+][C@H](C)c1ccccc1)C(=O)c1c[nH]c2ccccc12. The molecule has 1 aromatic heterocycles. The molecule has 0 bridgehead atoms. The Bertz CT molecular complexity index is 776. The second-order valence-corrected chi connectivity index (χ2v) is 5.79. The largest absolute Gasteiger partial charge is 0.360 e. The minimum atomic E-state index is -0.116. The van der Waals surface area contributed by atoms with Gasteiger partial charge in [-0.15, -0.1) is 0 Å². The first kappa shape index (κ1) is 14.5. The average molecular weight is 293 g/mol. The summed E-state index contributed by atoms with van der Waals surface area (Å²) in [6, 6.07) is 18.3. The van der Waals surface area contributed by atoms with Crippen molar-refractivity contribution >= 4 is 16.7 Å². The normalized spacial score (nSPS) is 13.9. The molecule has 0 unspecified atom stereocenters. The summed E-state index contributed by atoms with van der Waals surface area (Å²) in [5.41, 5.74) is 3.02. The van der Waals surface area contributed by atoms with Gasteiger partial charge in [-0.3, -0.25) is 4.79 Å². The van der Waals surface area contributed by atoms with Crippen LogP contribution in [0, 0.1) is 0 Å². The van der Waals surface area contributed by atoms with E-state index in [4.69, 9.17) is 0 Å². The zero-order chi connectivity index (χ0) is 15.5. The number of aromatic amines is 1. The molecule has 3 heteroatoms. The van der Waals surface area contributed by atoms with E-state index in [1.54, 1.807) is 0 Å². The molecule has 1 heterocycles. The maximum Gasteiger partial charge on any atom is 0.221 e. The number of nitrogens with one attached hydrogen (secondary N) is 1. The van der Waals surface area contributed by atoms with Crippen LogP contribution in [0.4, 0.5) is 0 Å². The Morgan fingerprint density at radius 2 is 1.68 bits per heavy atom. The van der Waals surface area contributed by atoms with Crippen molar-refractivity contribution in [1.29, 1.82) is 0 Å². The van der Waals surface area contributed by atoms with Crippen molar-refractivity contribution in [3.05, 3.63) is 71.9 Å². The Hall–Kier alpha value is -2.39. The van der Waals surface area contributed by atoms with E-state index in [2.05, 4.69) is 29.4 Å². The van der Waals surface area contributed by atoms with Crippen LogP contribution >= 0.6 is 0 Å². The van der Waals surface area contributed by atoms with Gasteiger partial charge in [-0.1, -0.05) is 48.5 Å². The smallest absolute Gasteiger partial charge is 0.221 e. The molecule has 3 nitrogen and oxygen atoms in total. The standard InChI is InChI=1S/C19H20N2O/c1-13(15-8-4-3-5-9-15)21-14(2)19(22)17-12-20-18-11-7-6-10-16(17)18/h3-14,20-21H,1-2H3/p+1/t13-,14+/m1/s1. The second kappa shape index (κ2) is 6.16. The van der Waals surface area contributed by atoms with E-state index in [-0.39, 0.29) is 17.9 Å². The number of carbonyl (C=O) groups excluding carboxylic acids is 1. The van der Waals surface area contributed by atoms with Gasteiger partial charge in [0.1, 0.15) is 12.1 Å². The summed E-state index contributed by atoms with van der Waals surface area (Å²) in [7, 11) is 0. The van der Waals surface area contributed by atoms with Crippen LogP contribution < -0.4 is 5.32 Å². The van der Waals surface area contributed by atoms with Gasteiger partial charge in [0.25, 0.3) is 0 Å². The van der Waals surface area contributed by atoms with Gasteiger partial charge in [-0.25, -0.2) is 0 Å². The summed E-state index contributed by atoms with van der Waals surface area (Å²) in [4.78, 5) is 15.9. The number of rotatable bonds is 5. The van der Waals surface area contributed by atoms with Gasteiger partial charge < -0.3 is 10.3 Å². The lowest BCUT2D eigenvalue weighted by atomic mass is 10.0. The van der Waals surface area contributed by atoms with Crippen LogP contribution in [0.3, 0.4) is 0 Å². The zero-order valence-corrected chi connectivity index (χ0v) is 12.9. The van der Waals surface area contributed by atoms with Crippen LogP contribution in [0.2, 0.25) is 0 Å². The molecule has 22 heavy (non-hydrogen) atoms. The van der Waals surface area contributed by atoms with Gasteiger partial charge >= 0.3 is 0 Å². The lowest BCUT2D eigenvalue weighted by Crippen LogP contribution is -2.91. The van der Waals surface area contributed by atoms with Crippen LogP contribution in [0.15, 0.2) is 60.8 Å².